The van der Waals surface area contributed by atoms with Crippen LogP contribution in [0, 0.1) is 5.92 Å². The molecule has 0 fully saturated rings. The van der Waals surface area contributed by atoms with Crippen LogP contribution >= 0.6 is 0 Å². The molecule has 1 heterocycles. The minimum atomic E-state index is -0.949. The molecule has 0 spiro atoms. The van der Waals surface area contributed by atoms with Gasteiger partial charge in [0.25, 0.3) is 0 Å². The molecule has 0 aliphatic rings. The molecule has 5 nitrogen and oxygen atoms in total. The highest BCUT2D eigenvalue weighted by Crippen LogP contribution is 2.16. The third-order valence-corrected chi connectivity index (χ3v) is 2.69. The Morgan fingerprint density at radius 3 is 2.94 bits per heavy atom. The number of rotatable bonds is 4. The van der Waals surface area contributed by atoms with E-state index < -0.39 is 5.97 Å². The molecule has 0 radical (unpaired) electrons. The van der Waals surface area contributed by atoms with E-state index in [1.807, 2.05) is 11.5 Å². The molecule has 0 saturated heterocycles. The fourth-order valence-corrected chi connectivity index (χ4v) is 1.73. The number of carbonyl (C=O) groups is 1. The van der Waals surface area contributed by atoms with Crippen molar-refractivity contribution in [3.05, 3.63) is 30.1 Å². The molecule has 0 saturated carbocycles. The SMILES string of the molecule is CC(CO)Cn1cnc2ccc(C(=O)O)cc21. The lowest BCUT2D eigenvalue weighted by Crippen LogP contribution is -2.10. The normalized spacial score (nSPS) is 12.8. The van der Waals surface area contributed by atoms with Crippen molar-refractivity contribution < 1.29 is 15.0 Å². The second-order valence-electron chi connectivity index (χ2n) is 4.19. The molecule has 0 aliphatic carbocycles. The van der Waals surface area contributed by atoms with Crippen LogP contribution in [-0.2, 0) is 6.54 Å². The molecule has 2 aromatic rings. The molecule has 5 heteroatoms. The maximum Gasteiger partial charge on any atom is 0.335 e. The van der Waals surface area contributed by atoms with E-state index in [2.05, 4.69) is 4.98 Å². The summed E-state index contributed by atoms with van der Waals surface area (Å²) in [6.45, 7) is 2.64. The van der Waals surface area contributed by atoms with Gasteiger partial charge in [-0.3, -0.25) is 0 Å². The van der Waals surface area contributed by atoms with E-state index in [1.54, 1.807) is 18.5 Å². The molecule has 0 amide bonds. The Labute approximate surface area is 98.3 Å². The molecule has 2 rings (SSSR count). The van der Waals surface area contributed by atoms with Crippen LogP contribution in [0.5, 0.6) is 0 Å². The standard InChI is InChI=1S/C12H14N2O3/c1-8(6-15)5-14-7-13-10-3-2-9(12(16)17)4-11(10)14/h2-4,7-8,15H,5-6H2,1H3,(H,16,17). The molecule has 0 aliphatic heterocycles. The summed E-state index contributed by atoms with van der Waals surface area (Å²) < 4.78 is 1.86. The Bertz CT molecular complexity index is 548. The van der Waals surface area contributed by atoms with Crippen LogP contribution in [0.2, 0.25) is 0 Å². The minimum Gasteiger partial charge on any atom is -0.478 e. The van der Waals surface area contributed by atoms with Gasteiger partial charge in [-0.25, -0.2) is 9.78 Å². The van der Waals surface area contributed by atoms with E-state index in [0.717, 1.165) is 11.0 Å². The van der Waals surface area contributed by atoms with Crippen LogP contribution in [-0.4, -0.2) is 32.3 Å². The zero-order chi connectivity index (χ0) is 12.4. The summed E-state index contributed by atoms with van der Waals surface area (Å²) in [6.07, 6.45) is 1.67. The number of nitrogens with zero attached hydrogens (tertiary/aromatic N) is 2. The van der Waals surface area contributed by atoms with Crippen molar-refractivity contribution in [1.29, 1.82) is 0 Å². The van der Waals surface area contributed by atoms with Crippen molar-refractivity contribution in [2.45, 2.75) is 13.5 Å². The fraction of sp³-hybridized carbons (Fsp3) is 0.333. The van der Waals surface area contributed by atoms with Crippen LogP contribution in [0.4, 0.5) is 0 Å². The van der Waals surface area contributed by atoms with Crippen LogP contribution < -0.4 is 0 Å². The number of aliphatic hydroxyl groups excluding tert-OH is 1. The van der Waals surface area contributed by atoms with Crippen molar-refractivity contribution in [1.82, 2.24) is 9.55 Å². The van der Waals surface area contributed by atoms with Gasteiger partial charge in [0.1, 0.15) is 0 Å². The summed E-state index contributed by atoms with van der Waals surface area (Å²) in [7, 11) is 0. The molecular formula is C12H14N2O3. The van der Waals surface area contributed by atoms with Gasteiger partial charge in [-0.2, -0.15) is 0 Å². The summed E-state index contributed by atoms with van der Waals surface area (Å²) in [5.41, 5.74) is 1.79. The van der Waals surface area contributed by atoms with Gasteiger partial charge >= 0.3 is 5.97 Å². The van der Waals surface area contributed by atoms with Crippen LogP contribution in [0.25, 0.3) is 11.0 Å². The summed E-state index contributed by atoms with van der Waals surface area (Å²) >= 11 is 0. The summed E-state index contributed by atoms with van der Waals surface area (Å²) in [4.78, 5) is 15.1. The van der Waals surface area contributed by atoms with E-state index in [9.17, 15) is 4.79 Å². The fourth-order valence-electron chi connectivity index (χ4n) is 1.73. The highest BCUT2D eigenvalue weighted by Gasteiger charge is 2.09. The predicted octanol–water partition coefficient (Wildman–Crippen LogP) is 1.36. The number of fused-ring (bicyclic) bond motifs is 1. The number of carboxylic acids is 1. The number of imidazole rings is 1. The van der Waals surface area contributed by atoms with E-state index in [0.29, 0.717) is 6.54 Å². The lowest BCUT2D eigenvalue weighted by Gasteiger charge is -2.09. The number of aromatic carboxylic acids is 1. The van der Waals surface area contributed by atoms with Crippen LogP contribution in [0.15, 0.2) is 24.5 Å². The van der Waals surface area contributed by atoms with E-state index in [1.165, 1.54) is 6.07 Å². The summed E-state index contributed by atoms with van der Waals surface area (Å²) in [5.74, 6) is -0.837. The number of benzene rings is 1. The molecule has 90 valence electrons. The Morgan fingerprint density at radius 1 is 1.53 bits per heavy atom. The molecule has 1 atom stereocenters. The molecule has 2 N–H and O–H groups in total. The van der Waals surface area contributed by atoms with E-state index in [-0.39, 0.29) is 18.1 Å². The highest BCUT2D eigenvalue weighted by molar-refractivity contribution is 5.92. The lowest BCUT2D eigenvalue weighted by molar-refractivity contribution is 0.0697. The topological polar surface area (TPSA) is 75.3 Å². The smallest absolute Gasteiger partial charge is 0.335 e. The molecule has 0 bridgehead atoms. The van der Waals surface area contributed by atoms with Crippen molar-refractivity contribution >= 4 is 17.0 Å². The van der Waals surface area contributed by atoms with Gasteiger partial charge in [0, 0.05) is 13.2 Å². The Balaban J connectivity index is 2.43. The maximum atomic E-state index is 10.9. The summed E-state index contributed by atoms with van der Waals surface area (Å²) in [6, 6.07) is 4.84. The van der Waals surface area contributed by atoms with Crippen molar-refractivity contribution in [2.75, 3.05) is 6.61 Å². The third-order valence-electron chi connectivity index (χ3n) is 2.69. The molecule has 17 heavy (non-hydrogen) atoms. The number of hydrogen-bond acceptors (Lipinski definition) is 3. The lowest BCUT2D eigenvalue weighted by atomic mass is 10.1. The first-order valence-electron chi connectivity index (χ1n) is 5.41. The summed E-state index contributed by atoms with van der Waals surface area (Å²) in [5, 5.41) is 18.0. The molecule has 1 aromatic carbocycles. The average Bonchev–Trinajstić information content (AvgIpc) is 2.71. The number of carboxylic acid groups (broad SMARTS) is 1. The maximum absolute atomic E-state index is 10.9. The second-order valence-corrected chi connectivity index (χ2v) is 4.19. The Kier molecular flexibility index (Phi) is 3.10. The van der Waals surface area contributed by atoms with Gasteiger partial charge < -0.3 is 14.8 Å². The number of aromatic nitrogens is 2. The predicted molar refractivity (Wildman–Crippen MR) is 62.9 cm³/mol. The van der Waals surface area contributed by atoms with Crippen molar-refractivity contribution in [3.8, 4) is 0 Å². The first-order chi connectivity index (χ1) is 8.11. The first-order valence-corrected chi connectivity index (χ1v) is 5.41. The molecular weight excluding hydrogens is 220 g/mol. The quantitative estimate of drug-likeness (QED) is 0.837. The van der Waals surface area contributed by atoms with Crippen molar-refractivity contribution in [3.63, 3.8) is 0 Å². The number of aliphatic hydroxyl groups is 1. The van der Waals surface area contributed by atoms with Gasteiger partial charge in [0.05, 0.1) is 22.9 Å². The highest BCUT2D eigenvalue weighted by atomic mass is 16.4. The Hall–Kier alpha value is -1.88. The first kappa shape index (κ1) is 11.6. The number of hydrogen-bond donors (Lipinski definition) is 2. The zero-order valence-electron chi connectivity index (χ0n) is 9.50. The van der Waals surface area contributed by atoms with Crippen molar-refractivity contribution in [2.24, 2.45) is 5.92 Å². The average molecular weight is 234 g/mol. The van der Waals surface area contributed by atoms with Gasteiger partial charge in [0.15, 0.2) is 0 Å². The minimum absolute atomic E-state index is 0.0955. The van der Waals surface area contributed by atoms with Gasteiger partial charge in [-0.1, -0.05) is 6.92 Å². The zero-order valence-corrected chi connectivity index (χ0v) is 9.50. The van der Waals surface area contributed by atoms with E-state index >= 15 is 0 Å². The van der Waals surface area contributed by atoms with E-state index in [4.69, 9.17) is 10.2 Å². The monoisotopic (exact) mass is 234 g/mol. The van der Waals surface area contributed by atoms with Crippen LogP contribution in [0.3, 0.4) is 0 Å². The van der Waals surface area contributed by atoms with Gasteiger partial charge in [-0.15, -0.1) is 0 Å². The van der Waals surface area contributed by atoms with Crippen LogP contribution in [0.1, 0.15) is 17.3 Å². The van der Waals surface area contributed by atoms with Gasteiger partial charge in [-0.05, 0) is 24.1 Å². The second kappa shape index (κ2) is 4.55. The Morgan fingerprint density at radius 2 is 2.29 bits per heavy atom. The molecule has 1 unspecified atom stereocenters. The van der Waals surface area contributed by atoms with Gasteiger partial charge in [0.2, 0.25) is 0 Å². The third kappa shape index (κ3) is 2.29. The largest absolute Gasteiger partial charge is 0.478 e. The molecule has 1 aromatic heterocycles.